The zero-order valence-electron chi connectivity index (χ0n) is 6.43. The molecule has 0 radical (unpaired) electrons. The summed E-state index contributed by atoms with van der Waals surface area (Å²) in [5, 5.41) is 17.9. The van der Waals surface area contributed by atoms with E-state index in [2.05, 4.69) is 11.8 Å². The third-order valence-electron chi connectivity index (χ3n) is 2.03. The topological polar surface area (TPSA) is 44.0 Å². The summed E-state index contributed by atoms with van der Waals surface area (Å²) in [5.74, 6) is 4.86. The van der Waals surface area contributed by atoms with E-state index < -0.39 is 5.60 Å². The molecule has 58 valence electrons. The van der Waals surface area contributed by atoms with Crippen LogP contribution in [0.3, 0.4) is 0 Å². The van der Waals surface area contributed by atoms with Crippen molar-refractivity contribution in [3.8, 4) is 17.9 Å². The van der Waals surface area contributed by atoms with Gasteiger partial charge in [0.1, 0.15) is 5.60 Å². The molecular formula is C9H11NO. The molecule has 0 aromatic heterocycles. The first-order valence-electron chi connectivity index (χ1n) is 3.90. The van der Waals surface area contributed by atoms with Gasteiger partial charge in [0.05, 0.1) is 0 Å². The number of nitrogens with zero attached hydrogens (tertiary/aromatic N) is 1. The Morgan fingerprint density at radius 3 is 2.36 bits per heavy atom. The van der Waals surface area contributed by atoms with Crippen LogP contribution in [-0.4, -0.2) is 10.7 Å². The molecule has 0 heterocycles. The number of rotatable bonds is 0. The van der Waals surface area contributed by atoms with Crippen molar-refractivity contribution in [2.24, 2.45) is 0 Å². The minimum Gasteiger partial charge on any atom is -0.378 e. The first-order chi connectivity index (χ1) is 5.27. The Balaban J connectivity index is 2.58. The van der Waals surface area contributed by atoms with Crippen molar-refractivity contribution in [3.63, 3.8) is 0 Å². The average Bonchev–Trinajstić information content (AvgIpc) is 2.03. The quantitative estimate of drug-likeness (QED) is 0.526. The van der Waals surface area contributed by atoms with Crippen molar-refractivity contribution in [3.05, 3.63) is 0 Å². The lowest BCUT2D eigenvalue weighted by Gasteiger charge is -2.26. The molecule has 1 aliphatic rings. The van der Waals surface area contributed by atoms with Gasteiger partial charge in [-0.05, 0) is 25.7 Å². The van der Waals surface area contributed by atoms with Crippen molar-refractivity contribution < 1.29 is 5.11 Å². The van der Waals surface area contributed by atoms with Crippen LogP contribution in [0.2, 0.25) is 0 Å². The lowest BCUT2D eigenvalue weighted by atomic mass is 9.85. The van der Waals surface area contributed by atoms with Crippen LogP contribution in [0.15, 0.2) is 0 Å². The highest BCUT2D eigenvalue weighted by Crippen LogP contribution is 2.26. The summed E-state index contributed by atoms with van der Waals surface area (Å²) in [4.78, 5) is 0. The molecule has 1 rings (SSSR count). The first kappa shape index (κ1) is 8.11. The molecular weight excluding hydrogens is 138 g/mol. The molecule has 0 aliphatic heterocycles. The molecule has 0 atom stereocenters. The maximum atomic E-state index is 9.68. The first-order valence-corrected chi connectivity index (χ1v) is 3.90. The Morgan fingerprint density at radius 1 is 1.18 bits per heavy atom. The highest BCUT2D eigenvalue weighted by atomic mass is 16.3. The van der Waals surface area contributed by atoms with Crippen molar-refractivity contribution in [2.75, 3.05) is 0 Å². The molecule has 1 aliphatic carbocycles. The predicted octanol–water partition coefficient (Wildman–Crippen LogP) is 1.21. The van der Waals surface area contributed by atoms with Gasteiger partial charge >= 0.3 is 0 Å². The van der Waals surface area contributed by atoms with Crippen LogP contribution in [0.5, 0.6) is 0 Å². The minimum absolute atomic E-state index is 0.724. The van der Waals surface area contributed by atoms with Gasteiger partial charge in [-0.3, -0.25) is 0 Å². The SMILES string of the molecule is N#CC#CC1(O)CCCCC1. The van der Waals surface area contributed by atoms with Gasteiger partial charge in [-0.2, -0.15) is 5.26 Å². The average molecular weight is 149 g/mol. The molecule has 0 aromatic carbocycles. The fourth-order valence-electron chi connectivity index (χ4n) is 1.41. The van der Waals surface area contributed by atoms with Gasteiger partial charge < -0.3 is 5.11 Å². The second-order valence-electron chi connectivity index (χ2n) is 2.95. The molecule has 11 heavy (non-hydrogen) atoms. The summed E-state index contributed by atoms with van der Waals surface area (Å²) in [5.41, 5.74) is -0.853. The third-order valence-corrected chi connectivity index (χ3v) is 2.03. The van der Waals surface area contributed by atoms with Gasteiger partial charge in [-0.1, -0.05) is 12.3 Å². The monoisotopic (exact) mass is 149 g/mol. The Kier molecular flexibility index (Phi) is 2.52. The molecule has 0 bridgehead atoms. The molecule has 1 N–H and O–H groups in total. The van der Waals surface area contributed by atoms with Crippen molar-refractivity contribution in [2.45, 2.75) is 37.7 Å². The highest BCUT2D eigenvalue weighted by molar-refractivity contribution is 5.23. The van der Waals surface area contributed by atoms with E-state index in [4.69, 9.17) is 5.26 Å². The van der Waals surface area contributed by atoms with Gasteiger partial charge in [-0.25, -0.2) is 0 Å². The van der Waals surface area contributed by atoms with Gasteiger partial charge in [0.25, 0.3) is 0 Å². The molecule has 0 saturated heterocycles. The van der Waals surface area contributed by atoms with E-state index in [1.54, 1.807) is 6.07 Å². The van der Waals surface area contributed by atoms with E-state index in [-0.39, 0.29) is 0 Å². The van der Waals surface area contributed by atoms with Gasteiger partial charge in [0, 0.05) is 5.92 Å². The zero-order valence-corrected chi connectivity index (χ0v) is 6.43. The van der Waals surface area contributed by atoms with Crippen LogP contribution >= 0.6 is 0 Å². The van der Waals surface area contributed by atoms with Gasteiger partial charge in [0.2, 0.25) is 0 Å². The largest absolute Gasteiger partial charge is 0.378 e. The van der Waals surface area contributed by atoms with Crippen molar-refractivity contribution >= 4 is 0 Å². The number of hydrogen-bond donors (Lipinski definition) is 1. The van der Waals surface area contributed by atoms with Crippen molar-refractivity contribution in [1.29, 1.82) is 5.26 Å². The molecule has 0 spiro atoms. The summed E-state index contributed by atoms with van der Waals surface area (Å²) in [6, 6.07) is 1.72. The van der Waals surface area contributed by atoms with Gasteiger partial charge in [0.15, 0.2) is 6.07 Å². The third kappa shape index (κ3) is 2.26. The number of hydrogen-bond acceptors (Lipinski definition) is 2. The van der Waals surface area contributed by atoms with E-state index >= 15 is 0 Å². The summed E-state index contributed by atoms with van der Waals surface area (Å²) >= 11 is 0. The highest BCUT2D eigenvalue weighted by Gasteiger charge is 2.26. The van der Waals surface area contributed by atoms with Gasteiger partial charge in [-0.15, -0.1) is 0 Å². The summed E-state index contributed by atoms with van der Waals surface area (Å²) in [6.45, 7) is 0. The molecule has 0 aromatic rings. The van der Waals surface area contributed by atoms with E-state index in [9.17, 15) is 5.11 Å². The summed E-state index contributed by atoms with van der Waals surface area (Å²) in [6.07, 6.45) is 4.67. The molecule has 0 unspecified atom stereocenters. The van der Waals surface area contributed by atoms with Crippen LogP contribution in [0.1, 0.15) is 32.1 Å². The van der Waals surface area contributed by atoms with Crippen LogP contribution in [0.4, 0.5) is 0 Å². The Hall–Kier alpha value is -0.990. The van der Waals surface area contributed by atoms with Crippen LogP contribution in [0, 0.1) is 23.2 Å². The minimum atomic E-state index is -0.853. The Bertz CT molecular complexity index is 222. The van der Waals surface area contributed by atoms with E-state index in [1.807, 2.05) is 0 Å². The molecule has 2 heteroatoms. The van der Waals surface area contributed by atoms with E-state index in [1.165, 1.54) is 6.42 Å². The predicted molar refractivity (Wildman–Crippen MR) is 41.4 cm³/mol. The fraction of sp³-hybridized carbons (Fsp3) is 0.667. The lowest BCUT2D eigenvalue weighted by Crippen LogP contribution is -2.29. The van der Waals surface area contributed by atoms with Crippen LogP contribution in [0.25, 0.3) is 0 Å². The fourth-order valence-corrected chi connectivity index (χ4v) is 1.41. The standard InChI is InChI=1S/C9H11NO/c10-8-4-7-9(11)5-2-1-3-6-9/h11H,1-3,5-6H2. The summed E-state index contributed by atoms with van der Waals surface area (Å²) < 4.78 is 0. The Labute approximate surface area is 66.8 Å². The maximum Gasteiger partial charge on any atom is 0.152 e. The molecule has 2 nitrogen and oxygen atoms in total. The maximum absolute atomic E-state index is 9.68. The zero-order chi connectivity index (χ0) is 8.16. The summed E-state index contributed by atoms with van der Waals surface area (Å²) in [7, 11) is 0. The van der Waals surface area contributed by atoms with Crippen LogP contribution < -0.4 is 0 Å². The van der Waals surface area contributed by atoms with Crippen LogP contribution in [-0.2, 0) is 0 Å². The number of aliphatic hydroxyl groups is 1. The lowest BCUT2D eigenvalue weighted by molar-refractivity contribution is 0.0610. The second-order valence-corrected chi connectivity index (χ2v) is 2.95. The number of nitriles is 1. The van der Waals surface area contributed by atoms with E-state index in [0.29, 0.717) is 0 Å². The normalized spacial score (nSPS) is 21.1. The smallest absolute Gasteiger partial charge is 0.152 e. The van der Waals surface area contributed by atoms with Crippen molar-refractivity contribution in [1.82, 2.24) is 0 Å². The molecule has 1 saturated carbocycles. The Morgan fingerprint density at radius 2 is 1.82 bits per heavy atom. The van der Waals surface area contributed by atoms with E-state index in [0.717, 1.165) is 25.7 Å². The molecule has 0 amide bonds. The second kappa shape index (κ2) is 3.42. The molecule has 1 fully saturated rings.